The summed E-state index contributed by atoms with van der Waals surface area (Å²) in [5, 5.41) is 0. The van der Waals surface area contributed by atoms with E-state index in [1.165, 1.54) is 161 Å². The Morgan fingerprint density at radius 3 is 1.06 bits per heavy atom. The van der Waals surface area contributed by atoms with Gasteiger partial charge in [0.05, 0.1) is 0 Å². The second-order valence-corrected chi connectivity index (χ2v) is 11.6. The van der Waals surface area contributed by atoms with E-state index in [1.807, 2.05) is 0 Å². The van der Waals surface area contributed by atoms with Crippen molar-refractivity contribution in [1.29, 1.82) is 0 Å². The van der Waals surface area contributed by atoms with Crippen LogP contribution in [0.1, 0.15) is 181 Å². The van der Waals surface area contributed by atoms with E-state index in [9.17, 15) is 0 Å². The Hall–Kier alpha value is 0.250. The fourth-order valence-electron chi connectivity index (χ4n) is 5.37. The van der Waals surface area contributed by atoms with Crippen LogP contribution in [0.2, 0.25) is 0 Å². The van der Waals surface area contributed by atoms with Crippen molar-refractivity contribution < 1.29 is 0 Å². The minimum Gasteiger partial charge on any atom is -0.306 e. The van der Waals surface area contributed by atoms with Crippen LogP contribution in [0.25, 0.3) is 0 Å². The summed E-state index contributed by atoms with van der Waals surface area (Å²) in [6.45, 7) is 7.12. The molecule has 0 saturated carbocycles. The molecule has 0 N–H and O–H groups in total. The third kappa shape index (κ3) is 26.8. The third-order valence-electron chi connectivity index (χ3n) is 7.85. The first-order valence-electron chi connectivity index (χ1n) is 15.8. The fourth-order valence-corrected chi connectivity index (χ4v) is 5.37. The Balaban J connectivity index is 0. The second-order valence-electron chi connectivity index (χ2n) is 11.6. The van der Waals surface area contributed by atoms with Crippen LogP contribution in [0.15, 0.2) is 0 Å². The van der Waals surface area contributed by atoms with Gasteiger partial charge in [-0.15, -0.1) is 12.4 Å². The molecular weight excluding hydrogens is 434 g/mol. The van der Waals surface area contributed by atoms with Crippen LogP contribution in [-0.2, 0) is 0 Å². The van der Waals surface area contributed by atoms with Crippen molar-refractivity contribution in [2.24, 2.45) is 5.92 Å². The number of hydrogen-bond donors (Lipinski definition) is 0. The van der Waals surface area contributed by atoms with Crippen LogP contribution in [-0.4, -0.2) is 25.0 Å². The summed E-state index contributed by atoms with van der Waals surface area (Å²) in [7, 11) is 4.61. The molecule has 0 radical (unpaired) electrons. The molecule has 2 heteroatoms. The van der Waals surface area contributed by atoms with Crippen LogP contribution >= 0.6 is 12.4 Å². The summed E-state index contributed by atoms with van der Waals surface area (Å²) in [6, 6.07) is 0.797. The summed E-state index contributed by atoms with van der Waals surface area (Å²) < 4.78 is 0. The van der Waals surface area contributed by atoms with Crippen molar-refractivity contribution in [2.75, 3.05) is 14.1 Å². The van der Waals surface area contributed by atoms with E-state index in [4.69, 9.17) is 0 Å². The highest BCUT2D eigenvalue weighted by Gasteiger charge is 2.15. The van der Waals surface area contributed by atoms with Gasteiger partial charge >= 0.3 is 0 Å². The maximum atomic E-state index is 2.51. The summed E-state index contributed by atoms with van der Waals surface area (Å²) in [4.78, 5) is 2.51. The molecule has 0 saturated heterocycles. The lowest BCUT2D eigenvalue weighted by molar-refractivity contribution is 0.225. The number of nitrogens with zero attached hydrogens (tertiary/aromatic N) is 1. The first-order valence-corrected chi connectivity index (χ1v) is 15.8. The molecule has 208 valence electrons. The molecule has 0 heterocycles. The molecule has 34 heavy (non-hydrogen) atoms. The van der Waals surface area contributed by atoms with Crippen molar-refractivity contribution in [3.05, 3.63) is 0 Å². The van der Waals surface area contributed by atoms with Crippen LogP contribution in [0.3, 0.4) is 0 Å². The van der Waals surface area contributed by atoms with Crippen molar-refractivity contribution in [3.63, 3.8) is 0 Å². The van der Waals surface area contributed by atoms with Crippen LogP contribution in [0, 0.1) is 5.92 Å². The Bertz CT molecular complexity index is 357. The Morgan fingerprint density at radius 1 is 0.441 bits per heavy atom. The van der Waals surface area contributed by atoms with E-state index in [1.54, 1.807) is 0 Å². The maximum absolute atomic E-state index is 2.51. The van der Waals surface area contributed by atoms with Crippen molar-refractivity contribution in [3.8, 4) is 0 Å². The van der Waals surface area contributed by atoms with Gasteiger partial charge in [-0.3, -0.25) is 0 Å². The van der Waals surface area contributed by atoms with Gasteiger partial charge in [-0.25, -0.2) is 0 Å². The molecule has 0 aliphatic rings. The molecule has 2 unspecified atom stereocenters. The summed E-state index contributed by atoms with van der Waals surface area (Å²) >= 11 is 0. The first-order chi connectivity index (χ1) is 16.1. The zero-order valence-electron chi connectivity index (χ0n) is 24.7. The van der Waals surface area contributed by atoms with E-state index in [-0.39, 0.29) is 12.4 Å². The molecule has 2 atom stereocenters. The molecule has 0 aliphatic heterocycles. The minimum absolute atomic E-state index is 0. The van der Waals surface area contributed by atoms with Gasteiger partial charge in [0.1, 0.15) is 0 Å². The molecule has 0 amide bonds. The number of rotatable bonds is 27. The SMILES string of the molecule is CCCCCCCCCCCCCCC(CC(C)CCCCCCCCCCCC)N(C)C.Cl. The Labute approximate surface area is 224 Å². The van der Waals surface area contributed by atoms with E-state index >= 15 is 0 Å². The van der Waals surface area contributed by atoms with Crippen molar-refractivity contribution in [2.45, 2.75) is 187 Å². The molecule has 0 aromatic carbocycles. The molecule has 0 aliphatic carbocycles. The molecule has 0 fully saturated rings. The highest BCUT2D eigenvalue weighted by molar-refractivity contribution is 5.85. The summed E-state index contributed by atoms with van der Waals surface area (Å²) in [5.41, 5.74) is 0. The third-order valence-corrected chi connectivity index (χ3v) is 7.85. The van der Waals surface area contributed by atoms with Gasteiger partial charge in [-0.2, -0.15) is 0 Å². The lowest BCUT2D eigenvalue weighted by Gasteiger charge is -2.27. The minimum atomic E-state index is 0. The highest BCUT2D eigenvalue weighted by atomic mass is 35.5. The first kappa shape index (κ1) is 36.4. The van der Waals surface area contributed by atoms with Crippen molar-refractivity contribution >= 4 is 12.4 Å². The van der Waals surface area contributed by atoms with Crippen LogP contribution in [0.5, 0.6) is 0 Å². The zero-order chi connectivity index (χ0) is 24.4. The lowest BCUT2D eigenvalue weighted by atomic mass is 9.92. The van der Waals surface area contributed by atoms with E-state index in [0.29, 0.717) is 0 Å². The Kier molecular flexibility index (Phi) is 31.6. The zero-order valence-corrected chi connectivity index (χ0v) is 25.5. The fraction of sp³-hybridized carbons (Fsp3) is 1.00. The molecule has 0 bridgehead atoms. The molecular formula is C32H68ClN. The molecule has 1 nitrogen and oxygen atoms in total. The van der Waals surface area contributed by atoms with E-state index in [2.05, 4.69) is 39.8 Å². The maximum Gasteiger partial charge on any atom is 0.00917 e. The quantitative estimate of drug-likeness (QED) is 0.101. The standard InChI is InChI=1S/C32H67N.ClH/c1-6-8-10-12-14-16-18-19-21-23-25-27-29-32(33(4)5)30-31(3)28-26-24-22-20-17-15-13-11-9-7-2;/h31-32H,6-30H2,1-5H3;1H. The van der Waals surface area contributed by atoms with Gasteiger partial charge in [0.25, 0.3) is 0 Å². The molecule has 0 rings (SSSR count). The molecule has 0 aromatic heterocycles. The normalized spacial score (nSPS) is 13.2. The lowest BCUT2D eigenvalue weighted by Crippen LogP contribution is -2.29. The average Bonchev–Trinajstić information content (AvgIpc) is 2.80. The summed E-state index contributed by atoms with van der Waals surface area (Å²) in [5.74, 6) is 0.892. The van der Waals surface area contributed by atoms with Gasteiger partial charge in [0.2, 0.25) is 0 Å². The largest absolute Gasteiger partial charge is 0.306 e. The number of halogens is 1. The Morgan fingerprint density at radius 2 is 0.735 bits per heavy atom. The number of unbranched alkanes of at least 4 members (excludes halogenated alkanes) is 20. The van der Waals surface area contributed by atoms with E-state index < -0.39 is 0 Å². The molecule has 0 aromatic rings. The molecule has 0 spiro atoms. The van der Waals surface area contributed by atoms with Gasteiger partial charge in [-0.1, -0.05) is 168 Å². The topological polar surface area (TPSA) is 3.24 Å². The average molecular weight is 502 g/mol. The smallest absolute Gasteiger partial charge is 0.00917 e. The van der Waals surface area contributed by atoms with Crippen molar-refractivity contribution in [1.82, 2.24) is 4.90 Å². The summed E-state index contributed by atoms with van der Waals surface area (Å²) in [6.07, 6.45) is 36.2. The van der Waals surface area contributed by atoms with Gasteiger partial charge in [-0.05, 0) is 32.9 Å². The van der Waals surface area contributed by atoms with Gasteiger partial charge < -0.3 is 4.90 Å². The monoisotopic (exact) mass is 502 g/mol. The van der Waals surface area contributed by atoms with Gasteiger partial charge in [0.15, 0.2) is 0 Å². The van der Waals surface area contributed by atoms with Gasteiger partial charge in [0, 0.05) is 6.04 Å². The van der Waals surface area contributed by atoms with Crippen LogP contribution < -0.4 is 0 Å². The predicted octanol–water partition coefficient (Wildman–Crippen LogP) is 11.8. The highest BCUT2D eigenvalue weighted by Crippen LogP contribution is 2.22. The number of hydrogen-bond acceptors (Lipinski definition) is 1. The van der Waals surface area contributed by atoms with Crippen LogP contribution in [0.4, 0.5) is 0 Å². The van der Waals surface area contributed by atoms with E-state index in [0.717, 1.165) is 12.0 Å². The second kappa shape index (κ2) is 29.5. The predicted molar refractivity (Wildman–Crippen MR) is 161 cm³/mol.